The Morgan fingerprint density at radius 1 is 0.958 bits per heavy atom. The zero-order chi connectivity index (χ0) is 17.4. The highest BCUT2D eigenvalue weighted by Crippen LogP contribution is 2.17. The second-order valence-electron chi connectivity index (χ2n) is 7.11. The van der Waals surface area contributed by atoms with Gasteiger partial charge in [0.1, 0.15) is 6.04 Å². The van der Waals surface area contributed by atoms with Crippen LogP contribution in [0, 0.1) is 5.92 Å². The molecule has 1 aliphatic carbocycles. The molecule has 0 aliphatic heterocycles. The van der Waals surface area contributed by atoms with Crippen molar-refractivity contribution in [2.75, 3.05) is 0 Å². The van der Waals surface area contributed by atoms with E-state index in [0.29, 0.717) is 5.56 Å². The first-order valence-electron chi connectivity index (χ1n) is 9.24. The Hall–Kier alpha value is -1.84. The first-order valence-corrected chi connectivity index (χ1v) is 9.24. The molecular weight excluding hydrogens is 300 g/mol. The van der Waals surface area contributed by atoms with Gasteiger partial charge >= 0.3 is 0 Å². The lowest BCUT2D eigenvalue weighted by molar-refractivity contribution is -0.124. The average Bonchev–Trinajstić information content (AvgIpc) is 2.55. The zero-order valence-electron chi connectivity index (χ0n) is 14.9. The van der Waals surface area contributed by atoms with Crippen LogP contribution in [0.1, 0.15) is 69.2 Å². The van der Waals surface area contributed by atoms with Crippen LogP contribution in [0.15, 0.2) is 30.3 Å². The van der Waals surface area contributed by atoms with Crippen LogP contribution in [0.3, 0.4) is 0 Å². The monoisotopic (exact) mass is 330 g/mol. The second-order valence-corrected chi connectivity index (χ2v) is 7.11. The average molecular weight is 330 g/mol. The molecular formula is C20H30N2O2. The molecule has 0 unspecified atom stereocenters. The third kappa shape index (κ3) is 5.66. The minimum Gasteiger partial charge on any atom is -0.352 e. The van der Waals surface area contributed by atoms with E-state index in [1.807, 2.05) is 32.0 Å². The molecule has 1 aromatic carbocycles. The van der Waals surface area contributed by atoms with Gasteiger partial charge in [-0.3, -0.25) is 9.59 Å². The highest BCUT2D eigenvalue weighted by Gasteiger charge is 2.26. The van der Waals surface area contributed by atoms with Gasteiger partial charge in [0.2, 0.25) is 5.91 Å². The summed E-state index contributed by atoms with van der Waals surface area (Å²) in [6.07, 6.45) is 8.26. The van der Waals surface area contributed by atoms with Gasteiger partial charge in [-0.25, -0.2) is 0 Å². The van der Waals surface area contributed by atoms with Gasteiger partial charge in [0.25, 0.3) is 5.91 Å². The van der Waals surface area contributed by atoms with Crippen LogP contribution in [0.4, 0.5) is 0 Å². The Morgan fingerprint density at radius 3 is 2.12 bits per heavy atom. The van der Waals surface area contributed by atoms with Crippen molar-refractivity contribution in [3.63, 3.8) is 0 Å². The fraction of sp³-hybridized carbons (Fsp3) is 0.600. The van der Waals surface area contributed by atoms with E-state index in [-0.39, 0.29) is 23.8 Å². The van der Waals surface area contributed by atoms with Crippen LogP contribution in [0.5, 0.6) is 0 Å². The molecule has 0 saturated heterocycles. The van der Waals surface area contributed by atoms with E-state index in [1.165, 1.54) is 32.1 Å². The number of benzene rings is 1. The Kier molecular flexibility index (Phi) is 7.29. The summed E-state index contributed by atoms with van der Waals surface area (Å²) in [6, 6.07) is 8.80. The lowest BCUT2D eigenvalue weighted by Gasteiger charge is -2.26. The molecule has 1 aromatic rings. The van der Waals surface area contributed by atoms with Gasteiger partial charge in [-0.15, -0.1) is 0 Å². The van der Waals surface area contributed by atoms with Gasteiger partial charge < -0.3 is 10.6 Å². The molecule has 0 aromatic heterocycles. The van der Waals surface area contributed by atoms with Crippen molar-refractivity contribution in [2.45, 2.75) is 70.9 Å². The van der Waals surface area contributed by atoms with Crippen molar-refractivity contribution in [2.24, 2.45) is 5.92 Å². The minimum atomic E-state index is -0.497. The van der Waals surface area contributed by atoms with Gasteiger partial charge in [0, 0.05) is 11.6 Å². The normalized spacial score (nSPS) is 17.6. The number of nitrogens with one attached hydrogen (secondary N) is 2. The molecule has 0 bridgehead atoms. The molecule has 2 amide bonds. The van der Waals surface area contributed by atoms with Gasteiger partial charge in [0.05, 0.1) is 0 Å². The van der Waals surface area contributed by atoms with Crippen LogP contribution >= 0.6 is 0 Å². The van der Waals surface area contributed by atoms with Gasteiger partial charge in [-0.1, -0.05) is 64.2 Å². The van der Waals surface area contributed by atoms with Crippen molar-refractivity contribution in [3.8, 4) is 0 Å². The summed E-state index contributed by atoms with van der Waals surface area (Å²) >= 11 is 0. The standard InChI is InChI=1S/C20H30N2O2/c1-15(2)18(22-19(23)16-11-7-6-8-12-16)20(24)21-17-13-9-4-3-5-10-14-17/h6-8,11-12,15,17-18H,3-5,9-10,13-14H2,1-2H3,(H,21,24)(H,22,23)/t18-/m0/s1. The summed E-state index contributed by atoms with van der Waals surface area (Å²) in [6.45, 7) is 3.93. The van der Waals surface area contributed by atoms with Crippen LogP contribution in [-0.2, 0) is 4.79 Å². The van der Waals surface area contributed by atoms with E-state index < -0.39 is 6.04 Å². The molecule has 1 fully saturated rings. The number of amides is 2. The first-order chi connectivity index (χ1) is 11.6. The number of carbonyl (C=O) groups excluding carboxylic acids is 2. The van der Waals surface area contributed by atoms with Crippen molar-refractivity contribution in [1.29, 1.82) is 0 Å². The molecule has 4 heteroatoms. The third-order valence-corrected chi connectivity index (χ3v) is 4.72. The molecule has 1 aliphatic rings. The molecule has 4 nitrogen and oxygen atoms in total. The maximum absolute atomic E-state index is 12.7. The van der Waals surface area contributed by atoms with Crippen LogP contribution in [-0.4, -0.2) is 23.9 Å². The fourth-order valence-electron chi connectivity index (χ4n) is 3.24. The molecule has 0 heterocycles. The SMILES string of the molecule is CC(C)[C@H](NC(=O)c1ccccc1)C(=O)NC1CCCCCCC1. The van der Waals surface area contributed by atoms with Crippen molar-refractivity contribution < 1.29 is 9.59 Å². The lowest BCUT2D eigenvalue weighted by Crippen LogP contribution is -2.52. The maximum Gasteiger partial charge on any atom is 0.251 e. The summed E-state index contributed by atoms with van der Waals surface area (Å²) in [5, 5.41) is 6.07. The molecule has 2 N–H and O–H groups in total. The fourth-order valence-corrected chi connectivity index (χ4v) is 3.24. The second kappa shape index (κ2) is 9.45. The Morgan fingerprint density at radius 2 is 1.54 bits per heavy atom. The predicted octanol–water partition coefficient (Wildman–Crippen LogP) is 3.67. The van der Waals surface area contributed by atoms with Crippen LogP contribution in [0.25, 0.3) is 0 Å². The summed E-state index contributed by atoms with van der Waals surface area (Å²) in [4.78, 5) is 25.1. The Labute approximate surface area is 145 Å². The van der Waals surface area contributed by atoms with E-state index in [1.54, 1.807) is 12.1 Å². The number of hydrogen-bond acceptors (Lipinski definition) is 2. The van der Waals surface area contributed by atoms with E-state index in [2.05, 4.69) is 10.6 Å². The Balaban J connectivity index is 1.95. The molecule has 2 rings (SSSR count). The minimum absolute atomic E-state index is 0.0474. The molecule has 24 heavy (non-hydrogen) atoms. The summed E-state index contributed by atoms with van der Waals surface area (Å²) in [5.74, 6) is -0.201. The van der Waals surface area contributed by atoms with Crippen LogP contribution < -0.4 is 10.6 Å². The smallest absolute Gasteiger partial charge is 0.251 e. The van der Waals surface area contributed by atoms with E-state index in [4.69, 9.17) is 0 Å². The number of rotatable bonds is 5. The highest BCUT2D eigenvalue weighted by atomic mass is 16.2. The first kappa shape index (κ1) is 18.5. The Bertz CT molecular complexity index is 520. The molecule has 1 saturated carbocycles. The van der Waals surface area contributed by atoms with E-state index >= 15 is 0 Å². The maximum atomic E-state index is 12.7. The summed E-state index contributed by atoms with van der Waals surface area (Å²) in [7, 11) is 0. The molecule has 1 atom stereocenters. The van der Waals surface area contributed by atoms with Crippen molar-refractivity contribution in [1.82, 2.24) is 10.6 Å². The van der Waals surface area contributed by atoms with E-state index in [0.717, 1.165) is 12.8 Å². The number of hydrogen-bond donors (Lipinski definition) is 2. The lowest BCUT2D eigenvalue weighted by atomic mass is 9.95. The highest BCUT2D eigenvalue weighted by molar-refractivity contribution is 5.97. The van der Waals surface area contributed by atoms with Crippen LogP contribution in [0.2, 0.25) is 0 Å². The quantitative estimate of drug-likeness (QED) is 0.865. The van der Waals surface area contributed by atoms with Gasteiger partial charge in [-0.05, 0) is 30.9 Å². The molecule has 0 radical (unpaired) electrons. The zero-order valence-corrected chi connectivity index (χ0v) is 14.9. The van der Waals surface area contributed by atoms with Gasteiger partial charge in [-0.2, -0.15) is 0 Å². The largest absolute Gasteiger partial charge is 0.352 e. The molecule has 0 spiro atoms. The van der Waals surface area contributed by atoms with Gasteiger partial charge in [0.15, 0.2) is 0 Å². The topological polar surface area (TPSA) is 58.2 Å². The third-order valence-electron chi connectivity index (χ3n) is 4.72. The van der Waals surface area contributed by atoms with E-state index in [9.17, 15) is 9.59 Å². The summed E-state index contributed by atoms with van der Waals surface area (Å²) in [5.41, 5.74) is 0.585. The van der Waals surface area contributed by atoms with Crippen molar-refractivity contribution >= 4 is 11.8 Å². The number of carbonyl (C=O) groups is 2. The predicted molar refractivity (Wildman–Crippen MR) is 96.8 cm³/mol. The summed E-state index contributed by atoms with van der Waals surface area (Å²) < 4.78 is 0. The molecule has 132 valence electrons. The van der Waals surface area contributed by atoms with Crippen molar-refractivity contribution in [3.05, 3.63) is 35.9 Å².